The van der Waals surface area contributed by atoms with Crippen LogP contribution in [0.25, 0.3) is 5.82 Å². The fourth-order valence-corrected chi connectivity index (χ4v) is 5.50. The van der Waals surface area contributed by atoms with E-state index in [4.69, 9.17) is 4.74 Å². The summed E-state index contributed by atoms with van der Waals surface area (Å²) in [5.74, 6) is 2.55. The molecule has 1 aliphatic heterocycles. The Labute approximate surface area is 188 Å². The average molecular weight is 457 g/mol. The maximum absolute atomic E-state index is 13.3. The summed E-state index contributed by atoms with van der Waals surface area (Å²) in [6.07, 6.45) is 1.76. The maximum Gasteiger partial charge on any atom is 0.246 e. The van der Waals surface area contributed by atoms with Gasteiger partial charge < -0.3 is 9.64 Å². The third kappa shape index (κ3) is 4.07. The first-order valence-corrected chi connectivity index (χ1v) is 11.9. The highest BCUT2D eigenvalue weighted by atomic mass is 32.2. The van der Waals surface area contributed by atoms with Crippen molar-refractivity contribution in [1.82, 2.24) is 23.8 Å². The molecule has 0 amide bonds. The quantitative estimate of drug-likeness (QED) is 0.582. The van der Waals surface area contributed by atoms with Crippen molar-refractivity contribution in [3.63, 3.8) is 0 Å². The number of benzene rings is 1. The number of sulfonamides is 1. The van der Waals surface area contributed by atoms with Crippen molar-refractivity contribution >= 4 is 15.8 Å². The van der Waals surface area contributed by atoms with Crippen LogP contribution in [0, 0.1) is 27.7 Å². The molecular formula is C22H28N6O3S. The van der Waals surface area contributed by atoms with E-state index in [9.17, 15) is 8.42 Å². The molecule has 1 aromatic carbocycles. The molecule has 10 heteroatoms. The van der Waals surface area contributed by atoms with Gasteiger partial charge in [-0.05, 0) is 45.4 Å². The van der Waals surface area contributed by atoms with Crippen LogP contribution in [0.2, 0.25) is 0 Å². The highest BCUT2D eigenvalue weighted by Gasteiger charge is 2.31. The summed E-state index contributed by atoms with van der Waals surface area (Å²) in [6.45, 7) is 9.48. The van der Waals surface area contributed by atoms with Crippen molar-refractivity contribution in [2.75, 3.05) is 38.2 Å². The number of aryl methyl sites for hydroxylation is 3. The fourth-order valence-electron chi connectivity index (χ4n) is 3.83. The molecule has 1 saturated heterocycles. The number of aromatic nitrogens is 4. The maximum atomic E-state index is 13.3. The molecule has 0 atom stereocenters. The summed E-state index contributed by atoms with van der Waals surface area (Å²) in [4.78, 5) is 15.8. The van der Waals surface area contributed by atoms with Crippen LogP contribution in [-0.4, -0.2) is 65.5 Å². The van der Waals surface area contributed by atoms with E-state index < -0.39 is 10.0 Å². The number of rotatable bonds is 5. The lowest BCUT2D eigenvalue weighted by atomic mass is 10.2. The van der Waals surface area contributed by atoms with E-state index in [-0.39, 0.29) is 4.90 Å². The number of piperazine rings is 1. The molecule has 0 bridgehead atoms. The van der Waals surface area contributed by atoms with Gasteiger partial charge in [0.2, 0.25) is 10.0 Å². The second-order valence-electron chi connectivity index (χ2n) is 7.96. The number of hydrogen-bond donors (Lipinski definition) is 0. The monoisotopic (exact) mass is 456 g/mol. The smallest absolute Gasteiger partial charge is 0.246 e. The van der Waals surface area contributed by atoms with Crippen molar-refractivity contribution in [3.8, 4) is 11.6 Å². The molecule has 1 fully saturated rings. The van der Waals surface area contributed by atoms with Gasteiger partial charge in [-0.3, -0.25) is 4.57 Å². The molecule has 9 nitrogen and oxygen atoms in total. The van der Waals surface area contributed by atoms with Crippen LogP contribution < -0.4 is 9.64 Å². The molecule has 170 valence electrons. The van der Waals surface area contributed by atoms with Gasteiger partial charge in [0, 0.05) is 37.9 Å². The molecule has 0 unspecified atom stereocenters. The van der Waals surface area contributed by atoms with E-state index in [1.807, 2.05) is 44.4 Å². The molecule has 0 spiro atoms. The fraction of sp³-hybridized carbons (Fsp3) is 0.409. The summed E-state index contributed by atoms with van der Waals surface area (Å²) in [7, 11) is -2.17. The van der Waals surface area contributed by atoms with Crippen LogP contribution >= 0.6 is 0 Å². The highest BCUT2D eigenvalue weighted by Crippen LogP contribution is 2.29. The number of nitrogens with zero attached hydrogens (tertiary/aromatic N) is 6. The topological polar surface area (TPSA) is 93.5 Å². The Morgan fingerprint density at radius 1 is 0.938 bits per heavy atom. The Balaban J connectivity index is 1.56. The summed E-state index contributed by atoms with van der Waals surface area (Å²) in [5.41, 5.74) is 2.85. The normalized spacial score (nSPS) is 15.2. The minimum atomic E-state index is -3.66. The van der Waals surface area contributed by atoms with E-state index in [0.717, 1.165) is 28.6 Å². The third-order valence-electron chi connectivity index (χ3n) is 5.81. The molecule has 32 heavy (non-hydrogen) atoms. The number of methoxy groups -OCH3 is 1. The second-order valence-corrected chi connectivity index (χ2v) is 9.87. The van der Waals surface area contributed by atoms with Crippen LogP contribution in [0.1, 0.15) is 22.8 Å². The lowest BCUT2D eigenvalue weighted by molar-refractivity contribution is 0.373. The van der Waals surface area contributed by atoms with Gasteiger partial charge in [0.25, 0.3) is 0 Å². The van der Waals surface area contributed by atoms with Crippen LogP contribution in [0.4, 0.5) is 5.82 Å². The summed E-state index contributed by atoms with van der Waals surface area (Å²) < 4.78 is 35.3. The Bertz CT molecular complexity index is 1250. The van der Waals surface area contributed by atoms with Crippen molar-refractivity contribution in [2.24, 2.45) is 0 Å². The molecule has 0 aliphatic carbocycles. The molecule has 2 aromatic heterocycles. The zero-order chi connectivity index (χ0) is 23.0. The molecule has 0 saturated carbocycles. The highest BCUT2D eigenvalue weighted by molar-refractivity contribution is 7.89. The lowest BCUT2D eigenvalue weighted by Crippen LogP contribution is -2.49. The predicted molar refractivity (Wildman–Crippen MR) is 122 cm³/mol. The van der Waals surface area contributed by atoms with Crippen molar-refractivity contribution in [2.45, 2.75) is 32.6 Å². The van der Waals surface area contributed by atoms with Crippen LogP contribution in [0.5, 0.6) is 5.75 Å². The van der Waals surface area contributed by atoms with E-state index in [2.05, 4.69) is 19.9 Å². The number of ether oxygens (including phenoxy) is 1. The number of imidazole rings is 1. The van der Waals surface area contributed by atoms with E-state index in [0.29, 0.717) is 37.8 Å². The zero-order valence-corrected chi connectivity index (χ0v) is 19.8. The number of anilines is 1. The molecule has 3 heterocycles. The second kappa shape index (κ2) is 8.51. The summed E-state index contributed by atoms with van der Waals surface area (Å²) in [5, 5.41) is 0. The predicted octanol–water partition coefficient (Wildman–Crippen LogP) is 2.42. The van der Waals surface area contributed by atoms with Gasteiger partial charge in [0.05, 0.1) is 12.8 Å². The van der Waals surface area contributed by atoms with Crippen LogP contribution in [-0.2, 0) is 10.0 Å². The Hall–Kier alpha value is -2.98. The van der Waals surface area contributed by atoms with Gasteiger partial charge >= 0.3 is 0 Å². The molecular weight excluding hydrogens is 428 g/mol. The minimum absolute atomic E-state index is 0.208. The minimum Gasteiger partial charge on any atom is -0.495 e. The summed E-state index contributed by atoms with van der Waals surface area (Å²) >= 11 is 0. The van der Waals surface area contributed by atoms with Crippen LogP contribution in [0.15, 0.2) is 35.5 Å². The van der Waals surface area contributed by atoms with Crippen molar-refractivity contribution in [1.29, 1.82) is 0 Å². The van der Waals surface area contributed by atoms with Crippen molar-refractivity contribution in [3.05, 3.63) is 53.4 Å². The first-order chi connectivity index (χ1) is 15.2. The lowest BCUT2D eigenvalue weighted by Gasteiger charge is -2.35. The zero-order valence-electron chi connectivity index (χ0n) is 19.0. The van der Waals surface area contributed by atoms with Gasteiger partial charge in [-0.25, -0.2) is 23.4 Å². The molecule has 0 radical (unpaired) electrons. The third-order valence-corrected chi connectivity index (χ3v) is 7.73. The first-order valence-electron chi connectivity index (χ1n) is 10.5. The van der Waals surface area contributed by atoms with Gasteiger partial charge in [-0.2, -0.15) is 4.31 Å². The Morgan fingerprint density at radius 2 is 1.62 bits per heavy atom. The van der Waals surface area contributed by atoms with Gasteiger partial charge in [-0.1, -0.05) is 6.07 Å². The van der Waals surface area contributed by atoms with E-state index in [1.165, 1.54) is 11.4 Å². The van der Waals surface area contributed by atoms with E-state index >= 15 is 0 Å². The first kappa shape index (κ1) is 22.2. The molecule has 1 aliphatic rings. The number of hydrogen-bond acceptors (Lipinski definition) is 7. The van der Waals surface area contributed by atoms with Gasteiger partial charge in [0.1, 0.15) is 34.4 Å². The summed E-state index contributed by atoms with van der Waals surface area (Å²) in [6, 6.07) is 7.13. The largest absolute Gasteiger partial charge is 0.495 e. The molecule has 3 aromatic rings. The van der Waals surface area contributed by atoms with Gasteiger partial charge in [-0.15, -0.1) is 0 Å². The van der Waals surface area contributed by atoms with Crippen molar-refractivity contribution < 1.29 is 13.2 Å². The van der Waals surface area contributed by atoms with E-state index in [1.54, 1.807) is 18.5 Å². The average Bonchev–Trinajstić information content (AvgIpc) is 3.11. The Morgan fingerprint density at radius 3 is 2.25 bits per heavy atom. The Kier molecular flexibility index (Phi) is 5.91. The van der Waals surface area contributed by atoms with Gasteiger partial charge in [0.15, 0.2) is 0 Å². The SMILES string of the molecule is COc1ccc(C)cc1S(=O)(=O)N1CCN(c2cc(-n3cnc(C)c3C)nc(C)n2)CC1. The standard InChI is InChI=1S/C22H28N6O3S/c1-15-6-7-19(31-5)20(12-15)32(29,30)27-10-8-26(9-11-27)21-13-22(25-18(4)24-21)28-14-23-16(2)17(28)3/h6-7,12-14H,8-11H2,1-5H3. The molecule has 4 rings (SSSR count). The van der Waals surface area contributed by atoms with Crippen LogP contribution in [0.3, 0.4) is 0 Å². The molecule has 0 N–H and O–H groups in total.